The van der Waals surface area contributed by atoms with Gasteiger partial charge in [-0.25, -0.2) is 9.97 Å². The number of rotatable bonds is 6. The number of nitrogens with zero attached hydrogens (tertiary/aromatic N) is 3. The molecule has 7 nitrogen and oxygen atoms in total. The third-order valence-electron chi connectivity index (χ3n) is 2.55. The van der Waals surface area contributed by atoms with Crippen LogP contribution in [0, 0.1) is 0 Å². The zero-order valence-electron chi connectivity index (χ0n) is 11.9. The van der Waals surface area contributed by atoms with E-state index in [0.29, 0.717) is 29.8 Å². The van der Waals surface area contributed by atoms with Crippen molar-refractivity contribution in [3.63, 3.8) is 0 Å². The highest BCUT2D eigenvalue weighted by Crippen LogP contribution is 2.25. The van der Waals surface area contributed by atoms with Gasteiger partial charge in [-0.2, -0.15) is 4.98 Å². The molecule has 0 aliphatic carbocycles. The van der Waals surface area contributed by atoms with Crippen LogP contribution >= 0.6 is 0 Å². The minimum atomic E-state index is -0.00102. The maximum atomic E-state index is 5.96. The molecule has 3 N–H and O–H groups in total. The second-order valence-corrected chi connectivity index (χ2v) is 4.54. The highest BCUT2D eigenvalue weighted by Gasteiger charge is 2.11. The van der Waals surface area contributed by atoms with Crippen molar-refractivity contribution in [2.75, 3.05) is 11.1 Å². The van der Waals surface area contributed by atoms with E-state index in [-0.39, 0.29) is 6.10 Å². The molecule has 0 radical (unpaired) electrons. The lowest BCUT2D eigenvalue weighted by Crippen LogP contribution is -2.12. The molecule has 20 heavy (non-hydrogen) atoms. The Morgan fingerprint density at radius 1 is 1.35 bits per heavy atom. The molecule has 2 heterocycles. The number of anilines is 2. The molecule has 2 aromatic rings. The Labute approximate surface area is 117 Å². The number of nitrogens with one attached hydrogen (secondary N) is 1. The summed E-state index contributed by atoms with van der Waals surface area (Å²) in [5.74, 6) is 2.32. The summed E-state index contributed by atoms with van der Waals surface area (Å²) in [6.45, 7) is 6.24. The number of nitrogens with two attached hydrogens (primary N) is 1. The van der Waals surface area contributed by atoms with Crippen LogP contribution in [0.3, 0.4) is 0 Å². The van der Waals surface area contributed by atoms with Gasteiger partial charge in [-0.1, -0.05) is 6.92 Å². The van der Waals surface area contributed by atoms with Crippen LogP contribution in [0.1, 0.15) is 32.4 Å². The van der Waals surface area contributed by atoms with Crippen LogP contribution in [0.15, 0.2) is 16.9 Å². The van der Waals surface area contributed by atoms with Gasteiger partial charge in [0.2, 0.25) is 11.8 Å². The van der Waals surface area contributed by atoms with Crippen molar-refractivity contribution >= 4 is 11.5 Å². The molecule has 108 valence electrons. The summed E-state index contributed by atoms with van der Waals surface area (Å²) in [7, 11) is 0. The summed E-state index contributed by atoms with van der Waals surface area (Å²) < 4.78 is 11.0. The molecule has 0 spiro atoms. The number of hydrogen-bond acceptors (Lipinski definition) is 7. The quantitative estimate of drug-likeness (QED) is 0.833. The van der Waals surface area contributed by atoms with Crippen molar-refractivity contribution in [2.24, 2.45) is 0 Å². The fourth-order valence-corrected chi connectivity index (χ4v) is 1.59. The largest absolute Gasteiger partial charge is 0.473 e. The minimum absolute atomic E-state index is 0.00102. The number of ether oxygens (including phenoxy) is 1. The standard InChI is InChI=1S/C13H19N5O2/c1-4-9-5-15-10(20-9)6-16-12-11(14)13(18-7-17-12)19-8(2)3/h5,7-8H,4,6,14H2,1-3H3,(H,16,17,18). The summed E-state index contributed by atoms with van der Waals surface area (Å²) in [6.07, 6.45) is 3.94. The topological polar surface area (TPSA) is 99.1 Å². The third-order valence-corrected chi connectivity index (χ3v) is 2.55. The van der Waals surface area contributed by atoms with Gasteiger partial charge in [0.1, 0.15) is 17.8 Å². The molecule has 0 bridgehead atoms. The molecule has 2 rings (SSSR count). The van der Waals surface area contributed by atoms with Gasteiger partial charge in [-0.05, 0) is 13.8 Å². The van der Waals surface area contributed by atoms with E-state index in [1.807, 2.05) is 20.8 Å². The molecule has 0 amide bonds. The Balaban J connectivity index is 2.05. The molecular formula is C13H19N5O2. The first kappa shape index (κ1) is 14.1. The maximum Gasteiger partial charge on any atom is 0.242 e. The predicted octanol–water partition coefficient (Wildman–Crippen LogP) is 2.01. The summed E-state index contributed by atoms with van der Waals surface area (Å²) in [6, 6.07) is 0. The van der Waals surface area contributed by atoms with Crippen LogP contribution in [0.25, 0.3) is 0 Å². The van der Waals surface area contributed by atoms with Crippen LogP contribution in [-0.4, -0.2) is 21.1 Å². The minimum Gasteiger partial charge on any atom is -0.473 e. The Hall–Kier alpha value is -2.31. The molecule has 0 saturated carbocycles. The van der Waals surface area contributed by atoms with Crippen LogP contribution in [-0.2, 0) is 13.0 Å². The summed E-state index contributed by atoms with van der Waals surface area (Å²) in [5.41, 5.74) is 6.34. The zero-order chi connectivity index (χ0) is 14.5. The monoisotopic (exact) mass is 277 g/mol. The summed E-state index contributed by atoms with van der Waals surface area (Å²) in [5, 5.41) is 3.07. The van der Waals surface area contributed by atoms with Gasteiger partial charge in [0.15, 0.2) is 5.82 Å². The van der Waals surface area contributed by atoms with Gasteiger partial charge in [0, 0.05) is 6.42 Å². The van der Waals surface area contributed by atoms with E-state index in [1.165, 1.54) is 6.33 Å². The van der Waals surface area contributed by atoms with E-state index in [0.717, 1.165) is 12.2 Å². The van der Waals surface area contributed by atoms with Crippen LogP contribution in [0.5, 0.6) is 5.88 Å². The molecule has 0 atom stereocenters. The van der Waals surface area contributed by atoms with E-state index in [1.54, 1.807) is 6.20 Å². The second kappa shape index (κ2) is 6.23. The molecule has 0 saturated heterocycles. The van der Waals surface area contributed by atoms with Crippen LogP contribution in [0.4, 0.5) is 11.5 Å². The lowest BCUT2D eigenvalue weighted by Gasteiger charge is -2.13. The van der Waals surface area contributed by atoms with E-state index in [4.69, 9.17) is 14.9 Å². The van der Waals surface area contributed by atoms with Gasteiger partial charge >= 0.3 is 0 Å². The highest BCUT2D eigenvalue weighted by molar-refractivity contribution is 5.66. The average Bonchev–Trinajstić information content (AvgIpc) is 2.87. The molecular weight excluding hydrogens is 258 g/mol. The van der Waals surface area contributed by atoms with Gasteiger partial charge in [0.05, 0.1) is 18.8 Å². The molecule has 0 aliphatic rings. The number of nitrogen functional groups attached to an aromatic ring is 1. The third kappa shape index (κ3) is 3.37. The first-order valence-electron chi connectivity index (χ1n) is 6.54. The van der Waals surface area contributed by atoms with Crippen LogP contribution < -0.4 is 15.8 Å². The first-order chi connectivity index (χ1) is 9.60. The average molecular weight is 277 g/mol. The van der Waals surface area contributed by atoms with Gasteiger partial charge in [-0.3, -0.25) is 0 Å². The molecule has 0 fully saturated rings. The van der Waals surface area contributed by atoms with Crippen molar-refractivity contribution in [2.45, 2.75) is 39.8 Å². The number of oxazole rings is 1. The molecule has 0 unspecified atom stereocenters. The van der Waals surface area contributed by atoms with Gasteiger partial charge in [0.25, 0.3) is 0 Å². The van der Waals surface area contributed by atoms with Gasteiger partial charge in [-0.15, -0.1) is 0 Å². The van der Waals surface area contributed by atoms with E-state index in [9.17, 15) is 0 Å². The van der Waals surface area contributed by atoms with E-state index < -0.39 is 0 Å². The molecule has 0 aromatic carbocycles. The zero-order valence-corrected chi connectivity index (χ0v) is 11.9. The van der Waals surface area contributed by atoms with Gasteiger partial charge < -0.3 is 20.2 Å². The lowest BCUT2D eigenvalue weighted by molar-refractivity contribution is 0.234. The van der Waals surface area contributed by atoms with Crippen LogP contribution in [0.2, 0.25) is 0 Å². The van der Waals surface area contributed by atoms with Crippen molar-refractivity contribution in [1.29, 1.82) is 0 Å². The Morgan fingerprint density at radius 2 is 2.15 bits per heavy atom. The first-order valence-corrected chi connectivity index (χ1v) is 6.54. The Bertz CT molecular complexity index is 568. The van der Waals surface area contributed by atoms with Crippen molar-refractivity contribution < 1.29 is 9.15 Å². The lowest BCUT2D eigenvalue weighted by atomic mass is 10.4. The molecule has 0 aliphatic heterocycles. The fourth-order valence-electron chi connectivity index (χ4n) is 1.59. The molecule has 7 heteroatoms. The Morgan fingerprint density at radius 3 is 2.80 bits per heavy atom. The molecule has 2 aromatic heterocycles. The van der Waals surface area contributed by atoms with E-state index in [2.05, 4.69) is 20.3 Å². The maximum absolute atomic E-state index is 5.96. The van der Waals surface area contributed by atoms with Crippen molar-refractivity contribution in [3.05, 3.63) is 24.2 Å². The SMILES string of the molecule is CCc1cnc(CNc2ncnc(OC(C)C)c2N)o1. The smallest absolute Gasteiger partial charge is 0.242 e. The summed E-state index contributed by atoms with van der Waals surface area (Å²) >= 11 is 0. The van der Waals surface area contributed by atoms with E-state index >= 15 is 0 Å². The van der Waals surface area contributed by atoms with Crippen molar-refractivity contribution in [1.82, 2.24) is 15.0 Å². The second-order valence-electron chi connectivity index (χ2n) is 4.54. The predicted molar refractivity (Wildman–Crippen MR) is 75.4 cm³/mol. The highest BCUT2D eigenvalue weighted by atomic mass is 16.5. The normalized spacial score (nSPS) is 10.8. The fraction of sp³-hybridized carbons (Fsp3) is 0.462. The van der Waals surface area contributed by atoms with Crippen molar-refractivity contribution in [3.8, 4) is 5.88 Å². The Kier molecular flexibility index (Phi) is 4.39. The number of aryl methyl sites for hydroxylation is 1. The number of hydrogen-bond donors (Lipinski definition) is 2. The summed E-state index contributed by atoms with van der Waals surface area (Å²) in [4.78, 5) is 12.3. The number of aromatic nitrogens is 3.